The Hall–Kier alpha value is -1.62. The van der Waals surface area contributed by atoms with Gasteiger partial charge in [0, 0.05) is 7.05 Å². The first-order chi connectivity index (χ1) is 7.86. The van der Waals surface area contributed by atoms with Gasteiger partial charge in [0.05, 0.1) is 10.6 Å². The minimum absolute atomic E-state index is 0.0422. The van der Waals surface area contributed by atoms with Crippen LogP contribution >= 0.6 is 11.6 Å². The van der Waals surface area contributed by atoms with Crippen LogP contribution in [0.3, 0.4) is 0 Å². The van der Waals surface area contributed by atoms with E-state index in [9.17, 15) is 14.0 Å². The maximum absolute atomic E-state index is 13.4. The molecule has 0 aliphatic rings. The molecule has 0 heterocycles. The second-order valence-corrected chi connectivity index (χ2v) is 3.93. The van der Waals surface area contributed by atoms with Crippen LogP contribution in [-0.2, 0) is 4.79 Å². The average molecular weight is 260 g/mol. The van der Waals surface area contributed by atoms with Gasteiger partial charge in [-0.2, -0.15) is 0 Å². The third kappa shape index (κ3) is 2.74. The number of carboxylic acid groups (broad SMARTS) is 1. The molecule has 6 heteroatoms. The highest BCUT2D eigenvalue weighted by atomic mass is 35.5. The lowest BCUT2D eigenvalue weighted by molar-refractivity contribution is -0.141. The Morgan fingerprint density at radius 2 is 2.06 bits per heavy atom. The summed E-state index contributed by atoms with van der Waals surface area (Å²) in [5.74, 6) is -2.71. The van der Waals surface area contributed by atoms with E-state index >= 15 is 0 Å². The van der Waals surface area contributed by atoms with E-state index in [0.29, 0.717) is 0 Å². The van der Waals surface area contributed by atoms with Crippen molar-refractivity contribution in [3.8, 4) is 0 Å². The van der Waals surface area contributed by atoms with Gasteiger partial charge in [0.25, 0.3) is 5.91 Å². The monoisotopic (exact) mass is 259 g/mol. The highest BCUT2D eigenvalue weighted by molar-refractivity contribution is 6.33. The lowest BCUT2D eigenvalue weighted by atomic mass is 10.1. The van der Waals surface area contributed by atoms with Gasteiger partial charge in [-0.1, -0.05) is 17.7 Å². The summed E-state index contributed by atoms with van der Waals surface area (Å²) in [5, 5.41) is 8.72. The molecule has 17 heavy (non-hydrogen) atoms. The van der Waals surface area contributed by atoms with Gasteiger partial charge in [0.2, 0.25) is 0 Å². The van der Waals surface area contributed by atoms with Crippen molar-refractivity contribution in [2.75, 3.05) is 7.05 Å². The molecule has 0 aliphatic heterocycles. The molecule has 0 bridgehead atoms. The number of carbonyl (C=O) groups excluding carboxylic acids is 1. The van der Waals surface area contributed by atoms with E-state index < -0.39 is 23.7 Å². The van der Waals surface area contributed by atoms with Crippen LogP contribution in [-0.4, -0.2) is 35.0 Å². The van der Waals surface area contributed by atoms with Crippen LogP contribution in [0.15, 0.2) is 18.2 Å². The van der Waals surface area contributed by atoms with Crippen LogP contribution in [0.4, 0.5) is 4.39 Å². The molecule has 1 rings (SSSR count). The molecule has 0 saturated heterocycles. The van der Waals surface area contributed by atoms with E-state index in [1.807, 2.05) is 0 Å². The average Bonchev–Trinajstić information content (AvgIpc) is 2.26. The van der Waals surface area contributed by atoms with Gasteiger partial charge in [-0.15, -0.1) is 0 Å². The molecular formula is C11H11ClFNO3. The second kappa shape index (κ2) is 5.14. The van der Waals surface area contributed by atoms with Gasteiger partial charge in [-0.25, -0.2) is 9.18 Å². The summed E-state index contributed by atoms with van der Waals surface area (Å²) in [6, 6.07) is 2.78. The zero-order valence-electron chi connectivity index (χ0n) is 9.28. The van der Waals surface area contributed by atoms with Gasteiger partial charge in [-0.05, 0) is 19.1 Å². The largest absolute Gasteiger partial charge is 0.480 e. The molecule has 0 saturated carbocycles. The van der Waals surface area contributed by atoms with Crippen molar-refractivity contribution in [2.45, 2.75) is 13.0 Å². The number of amides is 1. The minimum atomic E-state index is -1.17. The molecule has 1 N–H and O–H groups in total. The van der Waals surface area contributed by atoms with E-state index in [0.717, 1.165) is 11.0 Å². The summed E-state index contributed by atoms with van der Waals surface area (Å²) >= 11 is 5.72. The molecule has 0 spiro atoms. The number of likely N-dealkylation sites (N-methyl/N-ethyl adjacent to an activating group) is 1. The van der Waals surface area contributed by atoms with Crippen LogP contribution < -0.4 is 0 Å². The van der Waals surface area contributed by atoms with Gasteiger partial charge in [0.15, 0.2) is 0 Å². The zero-order valence-corrected chi connectivity index (χ0v) is 10.0. The Balaban J connectivity index is 3.09. The lowest BCUT2D eigenvalue weighted by Gasteiger charge is -2.22. The summed E-state index contributed by atoms with van der Waals surface area (Å²) in [7, 11) is 1.28. The zero-order chi connectivity index (χ0) is 13.2. The molecule has 0 aliphatic carbocycles. The molecular weight excluding hydrogens is 249 g/mol. The van der Waals surface area contributed by atoms with Crippen LogP contribution in [0.2, 0.25) is 5.02 Å². The number of rotatable bonds is 3. The third-order valence-electron chi connectivity index (χ3n) is 2.44. The standard InChI is InChI=1S/C11H11ClFNO3/c1-6(11(16)17)14(2)10(15)9-7(12)4-3-5-8(9)13/h3-6H,1-2H3,(H,16,17). The molecule has 1 atom stereocenters. The van der Waals surface area contributed by atoms with E-state index in [4.69, 9.17) is 16.7 Å². The Morgan fingerprint density at radius 1 is 1.47 bits per heavy atom. The van der Waals surface area contributed by atoms with Crippen LogP contribution in [0.5, 0.6) is 0 Å². The highest BCUT2D eigenvalue weighted by Gasteiger charge is 2.26. The fraction of sp³-hybridized carbons (Fsp3) is 0.273. The molecule has 0 radical (unpaired) electrons. The Bertz CT molecular complexity index is 444. The van der Waals surface area contributed by atoms with Crippen molar-refractivity contribution in [2.24, 2.45) is 0 Å². The van der Waals surface area contributed by atoms with Crippen LogP contribution in [0.1, 0.15) is 17.3 Å². The fourth-order valence-corrected chi connectivity index (χ4v) is 1.46. The minimum Gasteiger partial charge on any atom is -0.480 e. The topological polar surface area (TPSA) is 57.6 Å². The van der Waals surface area contributed by atoms with E-state index in [-0.39, 0.29) is 10.6 Å². The third-order valence-corrected chi connectivity index (χ3v) is 2.75. The number of benzene rings is 1. The maximum atomic E-state index is 13.4. The molecule has 4 nitrogen and oxygen atoms in total. The van der Waals surface area contributed by atoms with Crippen molar-refractivity contribution < 1.29 is 19.1 Å². The second-order valence-electron chi connectivity index (χ2n) is 3.53. The molecule has 0 fully saturated rings. The van der Waals surface area contributed by atoms with E-state index in [1.54, 1.807) is 0 Å². The maximum Gasteiger partial charge on any atom is 0.326 e. The molecule has 0 aromatic heterocycles. The quantitative estimate of drug-likeness (QED) is 0.904. The van der Waals surface area contributed by atoms with E-state index in [2.05, 4.69) is 0 Å². The van der Waals surface area contributed by atoms with Crippen molar-refractivity contribution in [3.05, 3.63) is 34.6 Å². The van der Waals surface area contributed by atoms with E-state index in [1.165, 1.54) is 26.1 Å². The summed E-state index contributed by atoms with van der Waals surface area (Å²) in [4.78, 5) is 23.5. The summed E-state index contributed by atoms with van der Waals surface area (Å²) in [5.41, 5.74) is -0.315. The molecule has 1 aromatic carbocycles. The molecule has 1 unspecified atom stereocenters. The van der Waals surface area contributed by atoms with Crippen LogP contribution in [0, 0.1) is 5.82 Å². The van der Waals surface area contributed by atoms with Gasteiger partial charge < -0.3 is 10.0 Å². The predicted molar refractivity (Wildman–Crippen MR) is 60.6 cm³/mol. The van der Waals surface area contributed by atoms with Crippen molar-refractivity contribution in [1.29, 1.82) is 0 Å². The summed E-state index contributed by atoms with van der Waals surface area (Å²) in [6.07, 6.45) is 0. The number of aliphatic carboxylic acids is 1. The van der Waals surface area contributed by atoms with Gasteiger partial charge in [-0.3, -0.25) is 4.79 Å². The normalized spacial score (nSPS) is 12.0. The first-order valence-electron chi connectivity index (χ1n) is 4.80. The predicted octanol–water partition coefficient (Wildman–Crippen LogP) is 2.02. The number of carboxylic acids is 1. The SMILES string of the molecule is CC(C(=O)O)N(C)C(=O)c1c(F)cccc1Cl. The number of nitrogens with zero attached hydrogens (tertiary/aromatic N) is 1. The van der Waals surface area contributed by atoms with Crippen LogP contribution in [0.25, 0.3) is 0 Å². The Morgan fingerprint density at radius 3 is 2.53 bits per heavy atom. The van der Waals surface area contributed by atoms with Gasteiger partial charge >= 0.3 is 5.97 Å². The Labute approximate surface area is 103 Å². The van der Waals surface area contributed by atoms with Crippen molar-refractivity contribution >= 4 is 23.5 Å². The number of hydrogen-bond donors (Lipinski definition) is 1. The lowest BCUT2D eigenvalue weighted by Crippen LogP contribution is -2.40. The van der Waals surface area contributed by atoms with Gasteiger partial charge in [0.1, 0.15) is 11.9 Å². The fourth-order valence-electron chi connectivity index (χ4n) is 1.22. The summed E-state index contributed by atoms with van der Waals surface area (Å²) < 4.78 is 13.4. The number of hydrogen-bond acceptors (Lipinski definition) is 2. The number of carbonyl (C=O) groups is 2. The molecule has 1 aromatic rings. The summed E-state index contributed by atoms with van der Waals surface area (Å²) in [6.45, 7) is 1.33. The first-order valence-corrected chi connectivity index (χ1v) is 5.18. The first kappa shape index (κ1) is 13.4. The molecule has 92 valence electrons. The molecule has 1 amide bonds. The highest BCUT2D eigenvalue weighted by Crippen LogP contribution is 2.21. The smallest absolute Gasteiger partial charge is 0.326 e. The van der Waals surface area contributed by atoms with Crippen molar-refractivity contribution in [3.63, 3.8) is 0 Å². The number of halogens is 2. The van der Waals surface area contributed by atoms with Crippen molar-refractivity contribution in [1.82, 2.24) is 4.90 Å². The Kier molecular flexibility index (Phi) is 4.07.